The van der Waals surface area contributed by atoms with Crippen molar-refractivity contribution in [3.8, 4) is 0 Å². The summed E-state index contributed by atoms with van der Waals surface area (Å²) in [6, 6.07) is 1.35. The predicted molar refractivity (Wildman–Crippen MR) is 41.6 cm³/mol. The van der Waals surface area contributed by atoms with Crippen LogP contribution in [0.15, 0.2) is 10.5 Å². The molecule has 1 aromatic rings. The van der Waals surface area contributed by atoms with Gasteiger partial charge in [-0.2, -0.15) is 0 Å². The number of hydrogen-bond donors (Lipinski definition) is 0. The van der Waals surface area contributed by atoms with Gasteiger partial charge in [0.2, 0.25) is 0 Å². The highest BCUT2D eigenvalue weighted by atomic mass is 79.9. The SMILES string of the molecule is Cc1cc(Br)c(F)c(C(F)F)n1. The Morgan fingerprint density at radius 1 is 1.50 bits per heavy atom. The van der Waals surface area contributed by atoms with Gasteiger partial charge in [0.25, 0.3) is 6.43 Å². The van der Waals surface area contributed by atoms with Crippen molar-refractivity contribution in [2.45, 2.75) is 13.3 Å². The Morgan fingerprint density at radius 3 is 2.58 bits per heavy atom. The van der Waals surface area contributed by atoms with Crippen LogP contribution < -0.4 is 0 Å². The van der Waals surface area contributed by atoms with Crippen LogP contribution in [-0.4, -0.2) is 4.98 Å². The zero-order chi connectivity index (χ0) is 9.30. The van der Waals surface area contributed by atoms with E-state index in [0.29, 0.717) is 5.69 Å². The molecule has 0 radical (unpaired) electrons. The summed E-state index contributed by atoms with van der Waals surface area (Å²) in [5.41, 5.74) is -0.444. The molecule has 0 fully saturated rings. The second kappa shape index (κ2) is 3.43. The van der Waals surface area contributed by atoms with Crippen LogP contribution >= 0.6 is 15.9 Å². The highest BCUT2D eigenvalue weighted by molar-refractivity contribution is 9.10. The van der Waals surface area contributed by atoms with Crippen molar-refractivity contribution in [2.24, 2.45) is 0 Å². The minimum atomic E-state index is -2.87. The number of hydrogen-bond acceptors (Lipinski definition) is 1. The number of aromatic nitrogens is 1. The van der Waals surface area contributed by atoms with Crippen molar-refractivity contribution in [1.82, 2.24) is 4.98 Å². The summed E-state index contributed by atoms with van der Waals surface area (Å²) in [6.07, 6.45) is -2.87. The molecule has 1 heterocycles. The minimum Gasteiger partial charge on any atom is -0.249 e. The van der Waals surface area contributed by atoms with E-state index in [9.17, 15) is 13.2 Å². The maximum atomic E-state index is 12.8. The summed E-state index contributed by atoms with van der Waals surface area (Å²) in [5.74, 6) is -0.990. The first-order valence-electron chi connectivity index (χ1n) is 3.13. The van der Waals surface area contributed by atoms with Crippen molar-refractivity contribution in [2.75, 3.05) is 0 Å². The van der Waals surface area contributed by atoms with Gasteiger partial charge in [-0.15, -0.1) is 0 Å². The molecule has 1 aromatic heterocycles. The second-order valence-corrected chi connectivity index (χ2v) is 3.10. The lowest BCUT2D eigenvalue weighted by molar-refractivity contribution is 0.140. The summed E-state index contributed by atoms with van der Waals surface area (Å²) in [4.78, 5) is 3.38. The van der Waals surface area contributed by atoms with Gasteiger partial charge < -0.3 is 0 Å². The number of nitrogens with zero attached hydrogens (tertiary/aromatic N) is 1. The fraction of sp³-hybridized carbons (Fsp3) is 0.286. The molecule has 0 aliphatic carbocycles. The molecular formula is C7H5BrF3N. The third-order valence-corrected chi connectivity index (χ3v) is 1.85. The molecule has 0 aliphatic heterocycles. The van der Waals surface area contributed by atoms with Crippen LogP contribution in [0.3, 0.4) is 0 Å². The smallest absolute Gasteiger partial charge is 0.249 e. The van der Waals surface area contributed by atoms with E-state index in [4.69, 9.17) is 0 Å². The minimum absolute atomic E-state index is 0.0188. The lowest BCUT2D eigenvalue weighted by Crippen LogP contribution is -1.98. The normalized spacial score (nSPS) is 10.8. The maximum Gasteiger partial charge on any atom is 0.283 e. The van der Waals surface area contributed by atoms with E-state index in [0.717, 1.165) is 0 Å². The molecule has 0 saturated carbocycles. The molecule has 5 heteroatoms. The van der Waals surface area contributed by atoms with Gasteiger partial charge in [0.15, 0.2) is 5.82 Å². The first kappa shape index (κ1) is 9.51. The molecule has 66 valence electrons. The maximum absolute atomic E-state index is 12.8. The topological polar surface area (TPSA) is 12.9 Å². The van der Waals surface area contributed by atoms with Crippen molar-refractivity contribution in [3.63, 3.8) is 0 Å². The predicted octanol–water partition coefficient (Wildman–Crippen LogP) is 3.23. The van der Waals surface area contributed by atoms with Crippen LogP contribution in [-0.2, 0) is 0 Å². The average molecular weight is 240 g/mol. The molecule has 0 aliphatic rings. The Morgan fingerprint density at radius 2 is 2.08 bits per heavy atom. The number of aryl methyl sites for hydroxylation is 1. The Labute approximate surface area is 75.7 Å². The van der Waals surface area contributed by atoms with Gasteiger partial charge in [0.05, 0.1) is 4.47 Å². The van der Waals surface area contributed by atoms with Gasteiger partial charge in [0, 0.05) is 5.69 Å². The van der Waals surface area contributed by atoms with E-state index < -0.39 is 17.9 Å². The zero-order valence-corrected chi connectivity index (χ0v) is 7.70. The molecule has 12 heavy (non-hydrogen) atoms. The van der Waals surface area contributed by atoms with Gasteiger partial charge in [0.1, 0.15) is 5.69 Å². The fourth-order valence-electron chi connectivity index (χ4n) is 0.785. The van der Waals surface area contributed by atoms with Crippen molar-refractivity contribution >= 4 is 15.9 Å². The van der Waals surface area contributed by atoms with E-state index >= 15 is 0 Å². The van der Waals surface area contributed by atoms with Gasteiger partial charge in [-0.25, -0.2) is 18.2 Å². The Bertz CT molecular complexity index is 301. The Balaban J connectivity index is 3.28. The van der Waals surface area contributed by atoms with E-state index in [1.165, 1.54) is 13.0 Å². The van der Waals surface area contributed by atoms with Gasteiger partial charge in [-0.3, -0.25) is 0 Å². The average Bonchev–Trinajstić information content (AvgIpc) is 1.96. The van der Waals surface area contributed by atoms with Crippen molar-refractivity contribution in [1.29, 1.82) is 0 Å². The molecule has 0 unspecified atom stereocenters. The third kappa shape index (κ3) is 1.77. The van der Waals surface area contributed by atoms with Crippen LogP contribution in [0.1, 0.15) is 17.8 Å². The molecule has 0 saturated heterocycles. The molecule has 0 N–H and O–H groups in total. The first-order chi connectivity index (χ1) is 5.52. The number of alkyl halides is 2. The third-order valence-electron chi connectivity index (χ3n) is 1.27. The second-order valence-electron chi connectivity index (χ2n) is 2.25. The quantitative estimate of drug-likeness (QED) is 0.734. The van der Waals surface area contributed by atoms with Crippen LogP contribution in [0, 0.1) is 12.7 Å². The summed E-state index contributed by atoms with van der Waals surface area (Å²) < 4.78 is 37.0. The van der Waals surface area contributed by atoms with Gasteiger partial charge in [-0.1, -0.05) is 0 Å². The Kier molecular flexibility index (Phi) is 2.72. The van der Waals surface area contributed by atoms with Gasteiger partial charge in [-0.05, 0) is 28.9 Å². The van der Waals surface area contributed by atoms with E-state index in [2.05, 4.69) is 20.9 Å². The van der Waals surface area contributed by atoms with Gasteiger partial charge >= 0.3 is 0 Å². The van der Waals surface area contributed by atoms with Crippen LogP contribution in [0.4, 0.5) is 13.2 Å². The summed E-state index contributed by atoms with van der Waals surface area (Å²) >= 11 is 2.82. The van der Waals surface area contributed by atoms with E-state index in [1.54, 1.807) is 0 Å². The van der Waals surface area contributed by atoms with Crippen molar-refractivity contribution < 1.29 is 13.2 Å². The molecule has 0 bridgehead atoms. The lowest BCUT2D eigenvalue weighted by Gasteiger charge is -2.03. The molecule has 1 rings (SSSR count). The summed E-state index contributed by atoms with van der Waals surface area (Å²) in [6.45, 7) is 1.52. The highest BCUT2D eigenvalue weighted by Gasteiger charge is 2.17. The van der Waals surface area contributed by atoms with Crippen LogP contribution in [0.5, 0.6) is 0 Å². The number of rotatable bonds is 1. The standard InChI is InChI=1S/C7H5BrF3N/c1-3-2-4(8)5(9)6(12-3)7(10)11/h2,7H,1H3. The molecule has 0 atom stereocenters. The molecular weight excluding hydrogens is 235 g/mol. The summed E-state index contributed by atoms with van der Waals surface area (Å²) in [5, 5.41) is 0. The fourth-order valence-corrected chi connectivity index (χ4v) is 1.32. The monoisotopic (exact) mass is 239 g/mol. The largest absolute Gasteiger partial charge is 0.283 e. The van der Waals surface area contributed by atoms with Crippen LogP contribution in [0.25, 0.3) is 0 Å². The molecule has 1 nitrogen and oxygen atoms in total. The zero-order valence-electron chi connectivity index (χ0n) is 6.11. The lowest BCUT2D eigenvalue weighted by atomic mass is 10.3. The number of pyridine rings is 1. The number of halogens is 4. The highest BCUT2D eigenvalue weighted by Crippen LogP contribution is 2.25. The molecule has 0 amide bonds. The van der Waals surface area contributed by atoms with Crippen molar-refractivity contribution in [3.05, 3.63) is 27.7 Å². The molecule has 0 spiro atoms. The van der Waals surface area contributed by atoms with E-state index in [1.807, 2.05) is 0 Å². The summed E-state index contributed by atoms with van der Waals surface area (Å²) in [7, 11) is 0. The van der Waals surface area contributed by atoms with Crippen LogP contribution in [0.2, 0.25) is 0 Å². The Hall–Kier alpha value is -0.580. The van der Waals surface area contributed by atoms with E-state index in [-0.39, 0.29) is 4.47 Å². The molecule has 0 aromatic carbocycles. The first-order valence-corrected chi connectivity index (χ1v) is 3.92.